The molecule has 0 aromatic carbocycles. The third-order valence-corrected chi connectivity index (χ3v) is 3.62. The molecule has 1 aromatic heterocycles. The van der Waals surface area contributed by atoms with Crippen molar-refractivity contribution in [3.63, 3.8) is 0 Å². The lowest BCUT2D eigenvalue weighted by molar-refractivity contribution is -0.147. The third kappa shape index (κ3) is 5.85. The smallest absolute Gasteiger partial charge is 0.314 e. The molecule has 1 atom stereocenters. The summed E-state index contributed by atoms with van der Waals surface area (Å²) in [6.45, 7) is 4.98. The van der Waals surface area contributed by atoms with Crippen LogP contribution in [-0.4, -0.2) is 39.7 Å². The van der Waals surface area contributed by atoms with E-state index in [4.69, 9.17) is 5.11 Å². The Bertz CT molecular complexity index is 447. The average Bonchev–Trinajstić information content (AvgIpc) is 2.97. The Kier molecular flexibility index (Phi) is 6.71. The van der Waals surface area contributed by atoms with Crippen molar-refractivity contribution >= 4 is 12.0 Å². The number of imidazole rings is 1. The first-order chi connectivity index (χ1) is 9.98. The van der Waals surface area contributed by atoms with E-state index in [0.29, 0.717) is 13.0 Å². The fourth-order valence-electron chi connectivity index (χ4n) is 1.73. The zero-order valence-corrected chi connectivity index (χ0v) is 12.6. The van der Waals surface area contributed by atoms with Gasteiger partial charge >= 0.3 is 12.0 Å². The van der Waals surface area contributed by atoms with Gasteiger partial charge in [0.05, 0.1) is 11.7 Å². The lowest BCUT2D eigenvalue weighted by Crippen LogP contribution is -2.44. The molecule has 1 heterocycles. The van der Waals surface area contributed by atoms with Crippen LogP contribution in [-0.2, 0) is 11.3 Å². The minimum absolute atomic E-state index is 0.125. The first-order valence-electron chi connectivity index (χ1n) is 7.19. The zero-order chi connectivity index (χ0) is 15.7. The lowest BCUT2D eigenvalue weighted by atomic mass is 9.88. The molecule has 0 aliphatic rings. The molecule has 1 rings (SSSR count). The number of nitrogens with one attached hydrogen (secondary N) is 2. The van der Waals surface area contributed by atoms with Crippen LogP contribution in [0.25, 0.3) is 0 Å². The number of hydrogen-bond acceptors (Lipinski definition) is 3. The Morgan fingerprint density at radius 2 is 2.10 bits per heavy atom. The fourth-order valence-corrected chi connectivity index (χ4v) is 1.73. The van der Waals surface area contributed by atoms with Gasteiger partial charge in [-0.15, -0.1) is 0 Å². The van der Waals surface area contributed by atoms with E-state index in [0.717, 1.165) is 19.4 Å². The molecule has 0 bridgehead atoms. The number of unbranched alkanes of at least 4 members (excludes halogenated alkanes) is 1. The highest BCUT2D eigenvalue weighted by Gasteiger charge is 2.31. The highest BCUT2D eigenvalue weighted by molar-refractivity contribution is 5.77. The Morgan fingerprint density at radius 1 is 1.33 bits per heavy atom. The Morgan fingerprint density at radius 3 is 2.67 bits per heavy atom. The number of carboxylic acid groups (broad SMARTS) is 1. The van der Waals surface area contributed by atoms with Crippen molar-refractivity contribution in [2.24, 2.45) is 5.41 Å². The van der Waals surface area contributed by atoms with Crippen LogP contribution < -0.4 is 10.6 Å². The van der Waals surface area contributed by atoms with Gasteiger partial charge in [-0.2, -0.15) is 0 Å². The molecule has 7 nitrogen and oxygen atoms in total. The first-order valence-corrected chi connectivity index (χ1v) is 7.19. The van der Waals surface area contributed by atoms with Crippen molar-refractivity contribution in [2.75, 3.05) is 13.1 Å². The number of carboxylic acids is 1. The van der Waals surface area contributed by atoms with E-state index in [9.17, 15) is 9.59 Å². The first kappa shape index (κ1) is 17.0. The summed E-state index contributed by atoms with van der Waals surface area (Å²) in [5.74, 6) is -0.898. The van der Waals surface area contributed by atoms with Gasteiger partial charge in [0.2, 0.25) is 0 Å². The van der Waals surface area contributed by atoms with Gasteiger partial charge in [0.25, 0.3) is 0 Å². The van der Waals surface area contributed by atoms with Crippen LogP contribution in [0.3, 0.4) is 0 Å². The summed E-state index contributed by atoms with van der Waals surface area (Å²) in [7, 11) is 0. The molecule has 7 heteroatoms. The van der Waals surface area contributed by atoms with Crippen LogP contribution in [0.5, 0.6) is 0 Å². The second kappa shape index (κ2) is 8.28. The average molecular weight is 296 g/mol. The van der Waals surface area contributed by atoms with Crippen LogP contribution in [0.2, 0.25) is 0 Å². The zero-order valence-electron chi connectivity index (χ0n) is 12.6. The Balaban J connectivity index is 2.12. The number of aromatic nitrogens is 2. The fraction of sp³-hybridized carbons (Fsp3) is 0.643. The van der Waals surface area contributed by atoms with E-state index >= 15 is 0 Å². The van der Waals surface area contributed by atoms with E-state index in [-0.39, 0.29) is 12.6 Å². The largest absolute Gasteiger partial charge is 0.481 e. The van der Waals surface area contributed by atoms with Crippen LogP contribution in [0.1, 0.15) is 33.1 Å². The summed E-state index contributed by atoms with van der Waals surface area (Å²) >= 11 is 0. The summed E-state index contributed by atoms with van der Waals surface area (Å²) in [4.78, 5) is 26.6. The molecular weight excluding hydrogens is 272 g/mol. The minimum Gasteiger partial charge on any atom is -0.481 e. The molecule has 3 N–H and O–H groups in total. The number of hydrogen-bond donors (Lipinski definition) is 3. The highest BCUT2D eigenvalue weighted by atomic mass is 16.4. The van der Waals surface area contributed by atoms with Gasteiger partial charge in [0.1, 0.15) is 0 Å². The number of urea groups is 1. The van der Waals surface area contributed by atoms with Crippen LogP contribution in [0.4, 0.5) is 4.79 Å². The normalized spacial score (nSPS) is 13.4. The quantitative estimate of drug-likeness (QED) is 0.601. The molecular formula is C14H24N4O3. The Labute approximate surface area is 124 Å². The molecule has 0 fully saturated rings. The van der Waals surface area contributed by atoms with Crippen molar-refractivity contribution in [3.05, 3.63) is 18.7 Å². The molecule has 0 spiro atoms. The number of carbonyl (C=O) groups is 2. The summed E-state index contributed by atoms with van der Waals surface area (Å²) in [5.41, 5.74) is -0.918. The molecule has 1 aromatic rings. The van der Waals surface area contributed by atoms with Crippen molar-refractivity contribution in [2.45, 2.75) is 39.7 Å². The standard InChI is InChI=1S/C14H24N4O3/c1-3-14(2,12(19)20)10-17-13(21)16-6-4-5-8-18-9-7-15-11-18/h7,9,11H,3-6,8,10H2,1-2H3,(H,19,20)(H2,16,17,21). The van der Waals surface area contributed by atoms with E-state index < -0.39 is 11.4 Å². The maximum absolute atomic E-state index is 11.6. The SMILES string of the molecule is CCC(C)(CNC(=O)NCCCCn1ccnc1)C(=O)O. The van der Waals surface area contributed by atoms with Gasteiger partial charge in [-0.1, -0.05) is 6.92 Å². The van der Waals surface area contributed by atoms with E-state index in [1.165, 1.54) is 0 Å². The number of carbonyl (C=O) groups excluding carboxylic acids is 1. The van der Waals surface area contributed by atoms with Crippen molar-refractivity contribution < 1.29 is 14.7 Å². The van der Waals surface area contributed by atoms with Gasteiger partial charge in [0.15, 0.2) is 0 Å². The minimum atomic E-state index is -0.918. The summed E-state index contributed by atoms with van der Waals surface area (Å²) in [6.07, 6.45) is 7.66. The maximum atomic E-state index is 11.6. The van der Waals surface area contributed by atoms with Crippen LogP contribution in [0, 0.1) is 5.41 Å². The molecule has 0 aliphatic heterocycles. The van der Waals surface area contributed by atoms with Gasteiger partial charge < -0.3 is 20.3 Å². The third-order valence-electron chi connectivity index (χ3n) is 3.62. The molecule has 118 valence electrons. The van der Waals surface area contributed by atoms with Gasteiger partial charge in [-0.25, -0.2) is 9.78 Å². The van der Waals surface area contributed by atoms with Crippen molar-refractivity contribution in [1.82, 2.24) is 20.2 Å². The molecule has 0 radical (unpaired) electrons. The van der Waals surface area contributed by atoms with E-state index in [1.807, 2.05) is 10.8 Å². The Hall–Kier alpha value is -2.05. The van der Waals surface area contributed by atoms with Crippen LogP contribution in [0.15, 0.2) is 18.7 Å². The lowest BCUT2D eigenvalue weighted by Gasteiger charge is -2.23. The van der Waals surface area contributed by atoms with Gasteiger partial charge in [-0.05, 0) is 26.2 Å². The topological polar surface area (TPSA) is 96.3 Å². The maximum Gasteiger partial charge on any atom is 0.314 e. The highest BCUT2D eigenvalue weighted by Crippen LogP contribution is 2.19. The molecule has 0 saturated carbocycles. The van der Waals surface area contributed by atoms with E-state index in [2.05, 4.69) is 15.6 Å². The summed E-state index contributed by atoms with van der Waals surface area (Å²) < 4.78 is 1.99. The summed E-state index contributed by atoms with van der Waals surface area (Å²) in [6, 6.07) is -0.321. The molecule has 21 heavy (non-hydrogen) atoms. The molecule has 0 saturated heterocycles. The van der Waals surface area contributed by atoms with Crippen LogP contribution >= 0.6 is 0 Å². The van der Waals surface area contributed by atoms with Gasteiger partial charge in [0, 0.05) is 32.0 Å². The predicted molar refractivity (Wildman–Crippen MR) is 78.9 cm³/mol. The number of amides is 2. The van der Waals surface area contributed by atoms with Crippen molar-refractivity contribution in [1.29, 1.82) is 0 Å². The number of aryl methyl sites for hydroxylation is 1. The van der Waals surface area contributed by atoms with Gasteiger partial charge in [-0.3, -0.25) is 4.79 Å². The molecule has 2 amide bonds. The van der Waals surface area contributed by atoms with Crippen molar-refractivity contribution in [3.8, 4) is 0 Å². The number of rotatable bonds is 9. The second-order valence-corrected chi connectivity index (χ2v) is 5.34. The second-order valence-electron chi connectivity index (χ2n) is 5.34. The monoisotopic (exact) mass is 296 g/mol. The number of aliphatic carboxylic acids is 1. The molecule has 1 unspecified atom stereocenters. The molecule has 0 aliphatic carbocycles. The number of nitrogens with zero attached hydrogens (tertiary/aromatic N) is 2. The summed E-state index contributed by atoms with van der Waals surface area (Å²) in [5, 5.41) is 14.4. The van der Waals surface area contributed by atoms with E-state index in [1.54, 1.807) is 26.4 Å². The predicted octanol–water partition coefficient (Wildman–Crippen LogP) is 1.46.